The van der Waals surface area contributed by atoms with Gasteiger partial charge in [0.15, 0.2) is 6.29 Å². The minimum absolute atomic E-state index is 0.242. The number of amides is 1. The molecule has 1 rings (SSSR count). The largest absolute Gasteiger partial charge is 0.394 e. The van der Waals surface area contributed by atoms with Gasteiger partial charge >= 0.3 is 0 Å². The van der Waals surface area contributed by atoms with E-state index in [9.17, 15) is 40.5 Å². The number of rotatable bonds is 45. The number of ether oxygens (including phenoxy) is 2. The third-order valence-electron chi connectivity index (χ3n) is 12.9. The predicted octanol–water partition coefficient (Wildman–Crippen LogP) is 10.3. The monoisotopic (exact) mass is 924 g/mol. The molecule has 1 fully saturated rings. The molecular formula is C54H101NO10. The second kappa shape index (κ2) is 43.6. The van der Waals surface area contributed by atoms with Crippen LogP contribution in [0.3, 0.4) is 0 Å². The lowest BCUT2D eigenvalue weighted by molar-refractivity contribution is -0.303. The van der Waals surface area contributed by atoms with E-state index in [1.165, 1.54) is 141 Å². The highest BCUT2D eigenvalue weighted by Crippen LogP contribution is 2.23. The zero-order valence-corrected chi connectivity index (χ0v) is 41.5. The van der Waals surface area contributed by atoms with Crippen molar-refractivity contribution in [3.8, 4) is 0 Å². The Hall–Kier alpha value is -1.67. The first-order valence-electron chi connectivity index (χ1n) is 26.9. The second-order valence-electron chi connectivity index (χ2n) is 18.9. The van der Waals surface area contributed by atoms with Gasteiger partial charge in [-0.3, -0.25) is 4.79 Å². The van der Waals surface area contributed by atoms with E-state index in [-0.39, 0.29) is 12.8 Å². The molecule has 0 aromatic carbocycles. The molecule has 11 heteroatoms. The summed E-state index contributed by atoms with van der Waals surface area (Å²) in [7, 11) is 0. The number of aliphatic hydroxyl groups excluding tert-OH is 7. The predicted molar refractivity (Wildman–Crippen MR) is 265 cm³/mol. The van der Waals surface area contributed by atoms with Crippen molar-refractivity contribution < 1.29 is 50.0 Å². The van der Waals surface area contributed by atoms with Crippen LogP contribution >= 0.6 is 0 Å². The van der Waals surface area contributed by atoms with E-state index in [1.807, 2.05) is 0 Å². The summed E-state index contributed by atoms with van der Waals surface area (Å²) in [5.41, 5.74) is 0. The maximum atomic E-state index is 13.1. The molecule has 0 spiro atoms. The quantitative estimate of drug-likeness (QED) is 0.0216. The summed E-state index contributed by atoms with van der Waals surface area (Å²) in [5.74, 6) is -0.710. The van der Waals surface area contributed by atoms with Gasteiger partial charge < -0.3 is 50.5 Å². The number of carbonyl (C=O) groups excluding carboxylic acids is 1. The van der Waals surface area contributed by atoms with E-state index in [1.54, 1.807) is 0 Å². The van der Waals surface area contributed by atoms with Gasteiger partial charge in [-0.1, -0.05) is 204 Å². The highest BCUT2D eigenvalue weighted by atomic mass is 16.7. The van der Waals surface area contributed by atoms with Gasteiger partial charge in [-0.25, -0.2) is 0 Å². The van der Waals surface area contributed by atoms with Crippen LogP contribution in [0.15, 0.2) is 36.5 Å². The summed E-state index contributed by atoms with van der Waals surface area (Å²) >= 11 is 0. The molecule has 0 aromatic rings. The normalized spacial score (nSPS) is 21.2. The Labute approximate surface area is 397 Å². The minimum atomic E-state index is -1.67. The van der Waals surface area contributed by atoms with E-state index >= 15 is 0 Å². The lowest BCUT2D eigenvalue weighted by atomic mass is 9.98. The molecule has 9 atom stereocenters. The lowest BCUT2D eigenvalue weighted by Gasteiger charge is -2.40. The smallest absolute Gasteiger partial charge is 0.249 e. The van der Waals surface area contributed by atoms with Crippen molar-refractivity contribution in [2.24, 2.45) is 0 Å². The van der Waals surface area contributed by atoms with Crippen LogP contribution in [-0.4, -0.2) is 110 Å². The van der Waals surface area contributed by atoms with Crippen LogP contribution in [0.25, 0.3) is 0 Å². The molecule has 1 heterocycles. The summed E-state index contributed by atoms with van der Waals surface area (Å²) < 4.78 is 11.1. The van der Waals surface area contributed by atoms with E-state index in [0.29, 0.717) is 19.3 Å². The summed E-state index contributed by atoms with van der Waals surface area (Å²) in [6.45, 7) is 3.43. The van der Waals surface area contributed by atoms with Crippen LogP contribution in [0.2, 0.25) is 0 Å². The van der Waals surface area contributed by atoms with Crippen LogP contribution in [0.4, 0.5) is 0 Å². The van der Waals surface area contributed by atoms with Crippen LogP contribution < -0.4 is 5.32 Å². The zero-order valence-electron chi connectivity index (χ0n) is 41.5. The molecule has 9 unspecified atom stereocenters. The fraction of sp³-hybridized carbons (Fsp3) is 0.870. The first-order chi connectivity index (χ1) is 31.7. The number of unbranched alkanes of at least 4 members (excludes halogenated alkanes) is 27. The topological polar surface area (TPSA) is 189 Å². The Bertz CT molecular complexity index is 1150. The number of carbonyl (C=O) groups is 1. The zero-order chi connectivity index (χ0) is 47.6. The standard InChI is InChI=1S/C54H101NO10/c1-3-5-7-9-11-13-15-17-19-21-23-24-26-28-30-32-34-36-38-40-42-47(58)53(63)55-45(44-64-54-52(62)51(61)50(60)48(43-56)65-54)49(59)46(57)41-39-37-35-33-31-29-27-25-22-20-18-16-14-12-10-8-6-4-2/h16,18,25,27,33,35,45-52,54,56-62H,3-15,17,19-24,26,28-32,34,36-44H2,1-2H3,(H,55,63)/b18-16+,27-25+,35-33+. The maximum absolute atomic E-state index is 13.1. The molecule has 0 aliphatic carbocycles. The molecule has 65 heavy (non-hydrogen) atoms. The Morgan fingerprint density at radius 2 is 0.923 bits per heavy atom. The van der Waals surface area contributed by atoms with Crippen molar-refractivity contribution in [3.63, 3.8) is 0 Å². The van der Waals surface area contributed by atoms with E-state index in [2.05, 4.69) is 55.6 Å². The summed E-state index contributed by atoms with van der Waals surface area (Å²) in [4.78, 5) is 13.1. The molecule has 0 radical (unpaired) electrons. The molecule has 382 valence electrons. The summed E-state index contributed by atoms with van der Waals surface area (Å²) in [6, 6.07) is -1.19. The molecule has 8 N–H and O–H groups in total. The molecular weight excluding hydrogens is 823 g/mol. The van der Waals surface area contributed by atoms with Gasteiger partial charge in [-0.2, -0.15) is 0 Å². The Balaban J connectivity index is 2.40. The van der Waals surface area contributed by atoms with Crippen LogP contribution in [0, 0.1) is 0 Å². The molecule has 1 saturated heterocycles. The van der Waals surface area contributed by atoms with Gasteiger partial charge in [0, 0.05) is 0 Å². The van der Waals surface area contributed by atoms with Crippen molar-refractivity contribution >= 4 is 5.91 Å². The van der Waals surface area contributed by atoms with Crippen molar-refractivity contribution in [2.45, 2.75) is 287 Å². The van der Waals surface area contributed by atoms with Gasteiger partial charge in [0.05, 0.1) is 25.4 Å². The summed E-state index contributed by atoms with van der Waals surface area (Å²) in [5, 5.41) is 75.9. The second-order valence-corrected chi connectivity index (χ2v) is 18.9. The van der Waals surface area contributed by atoms with Crippen LogP contribution in [0.1, 0.15) is 232 Å². The third kappa shape index (κ3) is 32.7. The van der Waals surface area contributed by atoms with Crippen molar-refractivity contribution in [2.75, 3.05) is 13.2 Å². The lowest BCUT2D eigenvalue weighted by Crippen LogP contribution is -2.60. The highest BCUT2D eigenvalue weighted by molar-refractivity contribution is 5.80. The Morgan fingerprint density at radius 1 is 0.523 bits per heavy atom. The number of hydrogen-bond donors (Lipinski definition) is 8. The van der Waals surface area contributed by atoms with E-state index < -0.39 is 74.2 Å². The molecule has 0 bridgehead atoms. The molecule has 1 aliphatic rings. The average molecular weight is 924 g/mol. The van der Waals surface area contributed by atoms with Crippen molar-refractivity contribution in [3.05, 3.63) is 36.5 Å². The van der Waals surface area contributed by atoms with Gasteiger partial charge in [0.2, 0.25) is 5.91 Å². The molecule has 0 aromatic heterocycles. The molecule has 11 nitrogen and oxygen atoms in total. The Kier molecular flexibility index (Phi) is 41.1. The van der Waals surface area contributed by atoms with E-state index in [0.717, 1.165) is 44.9 Å². The molecule has 1 aliphatic heterocycles. The van der Waals surface area contributed by atoms with Crippen LogP contribution in [-0.2, 0) is 14.3 Å². The average Bonchev–Trinajstić information content (AvgIpc) is 3.31. The first kappa shape index (κ1) is 61.3. The maximum Gasteiger partial charge on any atom is 0.249 e. The first-order valence-corrected chi connectivity index (χ1v) is 26.9. The molecule has 0 saturated carbocycles. The van der Waals surface area contributed by atoms with Crippen LogP contribution in [0.5, 0.6) is 0 Å². The fourth-order valence-corrected chi connectivity index (χ4v) is 8.47. The minimum Gasteiger partial charge on any atom is -0.394 e. The fourth-order valence-electron chi connectivity index (χ4n) is 8.47. The SMILES string of the molecule is CCCCCCC/C=C/CC/C=C/CC/C=C/CCCC(O)C(O)C(COC1OC(CO)C(O)C(O)C1O)NC(=O)C(O)CCCCCCCCCCCCCCCCCCCCCC. The third-order valence-corrected chi connectivity index (χ3v) is 12.9. The van der Waals surface area contributed by atoms with Gasteiger partial charge in [0.1, 0.15) is 36.6 Å². The number of allylic oxidation sites excluding steroid dienone is 6. The Morgan fingerprint density at radius 3 is 1.37 bits per heavy atom. The van der Waals surface area contributed by atoms with Gasteiger partial charge in [-0.15, -0.1) is 0 Å². The highest BCUT2D eigenvalue weighted by Gasteiger charge is 2.44. The van der Waals surface area contributed by atoms with Crippen molar-refractivity contribution in [1.82, 2.24) is 5.32 Å². The van der Waals surface area contributed by atoms with E-state index in [4.69, 9.17) is 9.47 Å². The van der Waals surface area contributed by atoms with Gasteiger partial charge in [-0.05, 0) is 64.2 Å². The summed E-state index contributed by atoms with van der Waals surface area (Å²) in [6.07, 6.45) is 40.5. The van der Waals surface area contributed by atoms with Crippen molar-refractivity contribution in [1.29, 1.82) is 0 Å². The number of hydrogen-bond acceptors (Lipinski definition) is 10. The van der Waals surface area contributed by atoms with Gasteiger partial charge in [0.25, 0.3) is 0 Å². The number of nitrogens with one attached hydrogen (secondary N) is 1. The molecule has 1 amide bonds. The number of aliphatic hydroxyl groups is 7.